The van der Waals surface area contributed by atoms with Crippen LogP contribution in [-0.4, -0.2) is 43.0 Å². The fraction of sp³-hybridized carbons (Fsp3) is 0.360. The number of hydrogen-bond acceptors (Lipinski definition) is 6. The van der Waals surface area contributed by atoms with E-state index in [2.05, 4.69) is 15.1 Å². The van der Waals surface area contributed by atoms with Gasteiger partial charge in [0.15, 0.2) is 11.6 Å². The Morgan fingerprint density at radius 2 is 1.85 bits per heavy atom. The number of hydrogen-bond donors (Lipinski definition) is 0. The Kier molecular flexibility index (Phi) is 5.54. The summed E-state index contributed by atoms with van der Waals surface area (Å²) in [6, 6.07) is 2.36. The number of aromatic nitrogens is 5. The van der Waals surface area contributed by atoms with Gasteiger partial charge in [-0.2, -0.15) is 18.3 Å². The number of aryl methyl sites for hydroxylation is 1. The molecule has 8 nitrogen and oxygen atoms in total. The molecular formula is C25H20F6N6O2. The maximum Gasteiger partial charge on any atom is 0.449 e. The molecular weight excluding hydrogens is 530 g/mol. The van der Waals surface area contributed by atoms with Gasteiger partial charge in [0, 0.05) is 44.0 Å². The fourth-order valence-corrected chi connectivity index (χ4v) is 4.97. The summed E-state index contributed by atoms with van der Waals surface area (Å²) in [5.74, 6) is -5.28. The molecule has 0 radical (unpaired) electrons. The third kappa shape index (κ3) is 4.22. The minimum absolute atomic E-state index is 0.0720. The highest BCUT2D eigenvalue weighted by Crippen LogP contribution is 2.48. The predicted octanol–water partition coefficient (Wildman–Crippen LogP) is 4.28. The molecule has 1 atom stereocenters. The standard InChI is InChI=1S/C25H20F6N6O2/c1-35-9-12(8-32-35)16-10-37(11-24(39-16)5-6-24)21-18(28)17-20(34-23(25(29,30)31)36(2)22(17)38)19(33-21)14-4-3-13(26)7-15(14)27/h3-4,7-9,16H,5-6,10-11H2,1-2H3. The van der Waals surface area contributed by atoms with E-state index in [-0.39, 0.29) is 23.5 Å². The number of fused-ring (bicyclic) bond motifs is 1. The highest BCUT2D eigenvalue weighted by atomic mass is 19.4. The first-order valence-corrected chi connectivity index (χ1v) is 11.9. The number of nitrogens with zero attached hydrogens (tertiary/aromatic N) is 6. The molecule has 1 spiro atoms. The molecule has 2 fully saturated rings. The lowest BCUT2D eigenvalue weighted by atomic mass is 10.1. The zero-order chi connectivity index (χ0) is 27.9. The highest BCUT2D eigenvalue weighted by Gasteiger charge is 2.51. The molecule has 4 heterocycles. The van der Waals surface area contributed by atoms with Gasteiger partial charge in [-0.05, 0) is 25.0 Å². The summed E-state index contributed by atoms with van der Waals surface area (Å²) in [5, 5.41) is 3.36. The number of rotatable bonds is 3. The van der Waals surface area contributed by atoms with Crippen LogP contribution in [0.5, 0.6) is 0 Å². The van der Waals surface area contributed by atoms with Gasteiger partial charge in [-0.1, -0.05) is 0 Å². The van der Waals surface area contributed by atoms with Crippen LogP contribution in [-0.2, 0) is 25.0 Å². The van der Waals surface area contributed by atoms with E-state index >= 15 is 4.39 Å². The lowest BCUT2D eigenvalue weighted by Crippen LogP contribution is -2.46. The second-order valence-electron chi connectivity index (χ2n) is 9.86. The van der Waals surface area contributed by atoms with E-state index in [0.29, 0.717) is 24.5 Å². The van der Waals surface area contributed by atoms with E-state index in [4.69, 9.17) is 4.74 Å². The Labute approximate surface area is 216 Å². The fourth-order valence-electron chi connectivity index (χ4n) is 4.97. The second-order valence-corrected chi connectivity index (χ2v) is 9.86. The molecule has 0 bridgehead atoms. The van der Waals surface area contributed by atoms with Crippen molar-refractivity contribution in [1.82, 2.24) is 24.3 Å². The second kappa shape index (κ2) is 8.53. The summed E-state index contributed by atoms with van der Waals surface area (Å²) in [6.07, 6.45) is -0.931. The first kappa shape index (κ1) is 25.3. The number of anilines is 1. The largest absolute Gasteiger partial charge is 0.449 e. The first-order chi connectivity index (χ1) is 18.4. The van der Waals surface area contributed by atoms with Crippen molar-refractivity contribution < 1.29 is 31.1 Å². The number of benzene rings is 1. The van der Waals surface area contributed by atoms with Crippen molar-refractivity contribution in [2.24, 2.45) is 14.1 Å². The van der Waals surface area contributed by atoms with Crippen LogP contribution in [0.2, 0.25) is 0 Å². The molecule has 0 amide bonds. The van der Waals surface area contributed by atoms with Gasteiger partial charge in [-0.15, -0.1) is 0 Å². The van der Waals surface area contributed by atoms with Crippen LogP contribution in [0.3, 0.4) is 0 Å². The molecule has 39 heavy (non-hydrogen) atoms. The van der Waals surface area contributed by atoms with E-state index in [0.717, 1.165) is 19.2 Å². The molecule has 0 N–H and O–H groups in total. The van der Waals surface area contributed by atoms with Crippen LogP contribution in [0.4, 0.5) is 32.2 Å². The average molecular weight is 550 g/mol. The number of halogens is 6. The molecule has 1 saturated heterocycles. The lowest BCUT2D eigenvalue weighted by molar-refractivity contribution is -0.147. The van der Waals surface area contributed by atoms with E-state index in [9.17, 15) is 26.7 Å². The van der Waals surface area contributed by atoms with Gasteiger partial charge in [0.05, 0.1) is 18.3 Å². The summed E-state index contributed by atoms with van der Waals surface area (Å²) in [6.45, 7) is 0.251. The van der Waals surface area contributed by atoms with E-state index in [1.807, 2.05) is 0 Å². The Balaban J connectivity index is 1.60. The molecule has 204 valence electrons. The third-order valence-corrected chi connectivity index (χ3v) is 7.05. The van der Waals surface area contributed by atoms with Gasteiger partial charge >= 0.3 is 6.18 Å². The average Bonchev–Trinajstić information content (AvgIpc) is 3.44. The van der Waals surface area contributed by atoms with Crippen molar-refractivity contribution in [2.45, 2.75) is 30.7 Å². The Hall–Kier alpha value is -3.94. The number of pyridine rings is 1. The molecule has 1 aliphatic carbocycles. The minimum Gasteiger partial charge on any atom is -0.363 e. The van der Waals surface area contributed by atoms with Crippen LogP contribution in [0, 0.1) is 17.5 Å². The summed E-state index contributed by atoms with van der Waals surface area (Å²) in [7, 11) is 2.55. The lowest BCUT2D eigenvalue weighted by Gasteiger charge is -2.39. The molecule has 1 aliphatic heterocycles. The van der Waals surface area contributed by atoms with Crippen molar-refractivity contribution in [3.8, 4) is 11.3 Å². The normalized spacial score (nSPS) is 18.8. The first-order valence-electron chi connectivity index (χ1n) is 11.9. The monoisotopic (exact) mass is 550 g/mol. The maximum atomic E-state index is 16.1. The SMILES string of the molecule is Cn1cc(C2CN(c3nc(-c4ccc(F)cc4F)c4nc(C(F)(F)F)n(C)c(=O)c4c3F)CC3(CC3)O2)cn1. The van der Waals surface area contributed by atoms with Crippen molar-refractivity contribution >= 4 is 16.7 Å². The maximum absolute atomic E-state index is 16.1. The Morgan fingerprint density at radius 3 is 2.46 bits per heavy atom. The van der Waals surface area contributed by atoms with Gasteiger partial charge < -0.3 is 9.64 Å². The number of morpholine rings is 1. The molecule has 1 saturated carbocycles. The topological polar surface area (TPSA) is 78.1 Å². The van der Waals surface area contributed by atoms with Crippen LogP contribution < -0.4 is 10.5 Å². The van der Waals surface area contributed by atoms with Gasteiger partial charge in [0.2, 0.25) is 5.82 Å². The molecule has 2 aliphatic rings. The van der Waals surface area contributed by atoms with Crippen molar-refractivity contribution in [3.63, 3.8) is 0 Å². The molecule has 3 aromatic heterocycles. The zero-order valence-electron chi connectivity index (χ0n) is 20.6. The molecule has 4 aromatic rings. The molecule has 1 unspecified atom stereocenters. The molecule has 6 rings (SSSR count). The quantitative estimate of drug-likeness (QED) is 0.355. The van der Waals surface area contributed by atoms with Gasteiger partial charge in [-0.3, -0.25) is 14.0 Å². The van der Waals surface area contributed by atoms with Crippen LogP contribution in [0.25, 0.3) is 22.2 Å². The highest BCUT2D eigenvalue weighted by molar-refractivity contribution is 5.93. The third-order valence-electron chi connectivity index (χ3n) is 7.05. The Morgan fingerprint density at radius 1 is 1.10 bits per heavy atom. The summed E-state index contributed by atoms with van der Waals surface area (Å²) in [4.78, 5) is 22.4. The van der Waals surface area contributed by atoms with E-state index in [1.165, 1.54) is 4.90 Å². The Bertz CT molecular complexity index is 1690. The van der Waals surface area contributed by atoms with Gasteiger partial charge in [-0.25, -0.2) is 23.1 Å². The summed E-state index contributed by atoms with van der Waals surface area (Å²) in [5.41, 5.74) is -2.96. The predicted molar refractivity (Wildman–Crippen MR) is 126 cm³/mol. The summed E-state index contributed by atoms with van der Waals surface area (Å²) >= 11 is 0. The molecule has 14 heteroatoms. The van der Waals surface area contributed by atoms with Crippen LogP contribution in [0.1, 0.15) is 30.3 Å². The van der Waals surface area contributed by atoms with Crippen LogP contribution in [0.15, 0.2) is 35.4 Å². The smallest absolute Gasteiger partial charge is 0.363 e. The van der Waals surface area contributed by atoms with Gasteiger partial charge in [0.1, 0.15) is 34.3 Å². The summed E-state index contributed by atoms with van der Waals surface area (Å²) < 4.78 is 93.9. The van der Waals surface area contributed by atoms with Crippen molar-refractivity contribution in [1.29, 1.82) is 0 Å². The van der Waals surface area contributed by atoms with Crippen molar-refractivity contribution in [2.75, 3.05) is 18.0 Å². The van der Waals surface area contributed by atoms with Crippen LogP contribution >= 0.6 is 0 Å². The number of ether oxygens (including phenoxy) is 1. The number of alkyl halides is 3. The van der Waals surface area contributed by atoms with E-state index < -0.39 is 68.9 Å². The minimum atomic E-state index is -5.07. The zero-order valence-corrected chi connectivity index (χ0v) is 20.6. The van der Waals surface area contributed by atoms with Gasteiger partial charge in [0.25, 0.3) is 5.56 Å². The molecule has 1 aromatic carbocycles. The van der Waals surface area contributed by atoms with E-state index in [1.54, 1.807) is 24.1 Å². The van der Waals surface area contributed by atoms with Crippen molar-refractivity contribution in [3.05, 3.63) is 69.8 Å².